The van der Waals surface area contributed by atoms with E-state index in [4.69, 9.17) is 5.11 Å². The van der Waals surface area contributed by atoms with Gasteiger partial charge in [0.05, 0.1) is 11.8 Å². The number of carbonyl (C=O) groups is 2. The Balaban J connectivity index is 1.67. The lowest BCUT2D eigenvalue weighted by Crippen LogP contribution is -2.39. The van der Waals surface area contributed by atoms with Gasteiger partial charge in [0.1, 0.15) is 0 Å². The molecule has 21 heavy (non-hydrogen) atoms. The van der Waals surface area contributed by atoms with E-state index in [1.165, 1.54) is 19.3 Å². The van der Waals surface area contributed by atoms with Gasteiger partial charge in [-0.15, -0.1) is 0 Å². The van der Waals surface area contributed by atoms with Gasteiger partial charge in [-0.1, -0.05) is 20.3 Å². The Morgan fingerprint density at radius 2 is 2.00 bits per heavy atom. The van der Waals surface area contributed by atoms with Crippen LogP contribution in [0, 0.1) is 17.3 Å². The molecule has 1 saturated heterocycles. The van der Waals surface area contributed by atoms with Crippen molar-refractivity contribution in [3.8, 4) is 0 Å². The maximum absolute atomic E-state index is 12.1. The lowest BCUT2D eigenvalue weighted by Gasteiger charge is -2.33. The van der Waals surface area contributed by atoms with Crippen molar-refractivity contribution in [2.24, 2.45) is 17.3 Å². The van der Waals surface area contributed by atoms with E-state index in [1.54, 1.807) is 0 Å². The minimum atomic E-state index is -0.859. The molecule has 5 heteroatoms. The number of amides is 1. The van der Waals surface area contributed by atoms with Gasteiger partial charge in [-0.2, -0.15) is 0 Å². The molecule has 3 atom stereocenters. The van der Waals surface area contributed by atoms with E-state index < -0.39 is 17.3 Å². The Bertz CT molecular complexity index is 408. The van der Waals surface area contributed by atoms with Crippen molar-refractivity contribution in [3.63, 3.8) is 0 Å². The first-order chi connectivity index (χ1) is 9.85. The Labute approximate surface area is 127 Å². The molecule has 1 saturated carbocycles. The summed E-state index contributed by atoms with van der Waals surface area (Å²) < 4.78 is 0. The van der Waals surface area contributed by atoms with E-state index in [9.17, 15) is 9.59 Å². The van der Waals surface area contributed by atoms with E-state index >= 15 is 0 Å². The van der Waals surface area contributed by atoms with Crippen LogP contribution >= 0.6 is 0 Å². The predicted molar refractivity (Wildman–Crippen MR) is 80.9 cm³/mol. The highest BCUT2D eigenvalue weighted by Crippen LogP contribution is 2.58. The molecule has 2 fully saturated rings. The third-order valence-corrected chi connectivity index (χ3v) is 5.24. The largest absolute Gasteiger partial charge is 0.481 e. The summed E-state index contributed by atoms with van der Waals surface area (Å²) in [6, 6.07) is 0.646. The monoisotopic (exact) mass is 296 g/mol. The number of hydrogen-bond acceptors (Lipinski definition) is 3. The molecule has 0 bridgehead atoms. The van der Waals surface area contributed by atoms with Gasteiger partial charge in [0.15, 0.2) is 0 Å². The zero-order valence-electron chi connectivity index (χ0n) is 13.4. The summed E-state index contributed by atoms with van der Waals surface area (Å²) >= 11 is 0. The van der Waals surface area contributed by atoms with Crippen LogP contribution < -0.4 is 5.32 Å². The van der Waals surface area contributed by atoms with Crippen molar-refractivity contribution >= 4 is 11.9 Å². The molecule has 0 aromatic rings. The van der Waals surface area contributed by atoms with Crippen LogP contribution in [0.2, 0.25) is 0 Å². The smallest absolute Gasteiger partial charge is 0.307 e. The molecule has 0 aromatic heterocycles. The molecule has 120 valence electrons. The summed E-state index contributed by atoms with van der Waals surface area (Å²) in [6.45, 7) is 8.78. The van der Waals surface area contributed by atoms with Gasteiger partial charge in [-0.25, -0.2) is 0 Å². The van der Waals surface area contributed by atoms with Crippen molar-refractivity contribution in [1.82, 2.24) is 10.2 Å². The van der Waals surface area contributed by atoms with Crippen LogP contribution in [-0.4, -0.2) is 47.6 Å². The molecule has 1 aliphatic carbocycles. The molecule has 0 aromatic carbocycles. The number of aliphatic carboxylic acids is 1. The molecule has 0 spiro atoms. The summed E-state index contributed by atoms with van der Waals surface area (Å²) in [4.78, 5) is 25.6. The van der Waals surface area contributed by atoms with Crippen LogP contribution in [0.1, 0.15) is 46.5 Å². The minimum Gasteiger partial charge on any atom is -0.481 e. The van der Waals surface area contributed by atoms with Crippen molar-refractivity contribution in [3.05, 3.63) is 0 Å². The fourth-order valence-electron chi connectivity index (χ4n) is 3.68. The molecule has 1 amide bonds. The maximum atomic E-state index is 12.1. The van der Waals surface area contributed by atoms with Gasteiger partial charge in [0.2, 0.25) is 5.91 Å². The summed E-state index contributed by atoms with van der Waals surface area (Å²) in [5.74, 6) is -1.86. The van der Waals surface area contributed by atoms with Crippen LogP contribution in [0.4, 0.5) is 0 Å². The molecular weight excluding hydrogens is 268 g/mol. The Morgan fingerprint density at radius 1 is 1.29 bits per heavy atom. The van der Waals surface area contributed by atoms with Gasteiger partial charge < -0.3 is 15.3 Å². The molecule has 2 rings (SSSR count). The highest BCUT2D eigenvalue weighted by atomic mass is 16.4. The number of rotatable bonds is 6. The normalized spacial score (nSPS) is 31.7. The molecule has 3 unspecified atom stereocenters. The van der Waals surface area contributed by atoms with Crippen molar-refractivity contribution in [1.29, 1.82) is 0 Å². The number of carboxylic acid groups (broad SMARTS) is 1. The SMILES string of the molecule is CC1CCCCN1CCCNC(=O)C1C(C(=O)O)C1(C)C. The van der Waals surface area contributed by atoms with Crippen LogP contribution in [-0.2, 0) is 9.59 Å². The van der Waals surface area contributed by atoms with Gasteiger partial charge >= 0.3 is 5.97 Å². The summed E-state index contributed by atoms with van der Waals surface area (Å²) in [5, 5.41) is 12.0. The zero-order valence-corrected chi connectivity index (χ0v) is 13.4. The Hall–Kier alpha value is -1.10. The second-order valence-corrected chi connectivity index (χ2v) is 7.14. The van der Waals surface area contributed by atoms with E-state index in [-0.39, 0.29) is 11.8 Å². The zero-order chi connectivity index (χ0) is 15.6. The molecule has 1 heterocycles. The quantitative estimate of drug-likeness (QED) is 0.732. The summed E-state index contributed by atoms with van der Waals surface area (Å²) in [6.07, 6.45) is 4.79. The number of nitrogens with one attached hydrogen (secondary N) is 1. The van der Waals surface area contributed by atoms with Crippen molar-refractivity contribution in [2.75, 3.05) is 19.6 Å². The second kappa shape index (κ2) is 6.34. The summed E-state index contributed by atoms with van der Waals surface area (Å²) in [7, 11) is 0. The molecule has 5 nitrogen and oxygen atoms in total. The van der Waals surface area contributed by atoms with E-state index in [2.05, 4.69) is 17.1 Å². The van der Waals surface area contributed by atoms with Gasteiger partial charge in [-0.3, -0.25) is 9.59 Å². The van der Waals surface area contributed by atoms with Crippen molar-refractivity contribution < 1.29 is 14.7 Å². The average molecular weight is 296 g/mol. The number of likely N-dealkylation sites (tertiary alicyclic amines) is 1. The van der Waals surface area contributed by atoms with Crippen molar-refractivity contribution in [2.45, 2.75) is 52.5 Å². The number of hydrogen-bond donors (Lipinski definition) is 2. The van der Waals surface area contributed by atoms with E-state index in [0.29, 0.717) is 12.6 Å². The molecule has 1 aliphatic heterocycles. The molecular formula is C16H28N2O3. The number of carbonyl (C=O) groups excluding carboxylic acids is 1. The van der Waals surface area contributed by atoms with Gasteiger partial charge in [-0.05, 0) is 38.1 Å². The molecule has 0 radical (unpaired) electrons. The Morgan fingerprint density at radius 3 is 2.57 bits per heavy atom. The number of piperidine rings is 1. The van der Waals surface area contributed by atoms with E-state index in [1.807, 2.05) is 13.8 Å². The topological polar surface area (TPSA) is 69.6 Å². The fraction of sp³-hybridized carbons (Fsp3) is 0.875. The van der Waals surface area contributed by atoms with Crippen LogP contribution in [0.15, 0.2) is 0 Å². The predicted octanol–water partition coefficient (Wildman–Crippen LogP) is 1.72. The molecule has 2 N–H and O–H groups in total. The van der Waals surface area contributed by atoms with Crippen LogP contribution in [0.3, 0.4) is 0 Å². The minimum absolute atomic E-state index is 0.0981. The van der Waals surface area contributed by atoms with Crippen LogP contribution in [0.5, 0.6) is 0 Å². The third kappa shape index (κ3) is 3.57. The maximum Gasteiger partial charge on any atom is 0.307 e. The lowest BCUT2D eigenvalue weighted by molar-refractivity contribution is -0.140. The first-order valence-corrected chi connectivity index (χ1v) is 8.10. The second-order valence-electron chi connectivity index (χ2n) is 7.14. The average Bonchev–Trinajstić information content (AvgIpc) is 2.99. The van der Waals surface area contributed by atoms with E-state index in [0.717, 1.165) is 19.5 Å². The van der Waals surface area contributed by atoms with Gasteiger partial charge in [0, 0.05) is 19.1 Å². The Kier molecular flexibility index (Phi) is 4.91. The fourth-order valence-corrected chi connectivity index (χ4v) is 3.68. The lowest BCUT2D eigenvalue weighted by atomic mass is 10.0. The highest BCUT2D eigenvalue weighted by molar-refractivity contribution is 5.91. The molecule has 2 aliphatic rings. The van der Waals surface area contributed by atoms with Gasteiger partial charge in [0.25, 0.3) is 0 Å². The highest BCUT2D eigenvalue weighted by Gasteiger charge is 2.65. The standard InChI is InChI=1S/C16H28N2O3/c1-11-7-4-5-9-18(11)10-6-8-17-14(19)12-13(15(20)21)16(12,2)3/h11-13H,4-10H2,1-3H3,(H,17,19)(H,20,21). The number of carboxylic acids is 1. The third-order valence-electron chi connectivity index (χ3n) is 5.24. The summed E-state index contributed by atoms with van der Waals surface area (Å²) in [5.41, 5.74) is -0.405. The first-order valence-electron chi connectivity index (χ1n) is 8.10. The number of nitrogens with zero attached hydrogens (tertiary/aromatic N) is 1. The van der Waals surface area contributed by atoms with Crippen LogP contribution in [0.25, 0.3) is 0 Å². The first kappa shape index (κ1) is 16.3.